The van der Waals surface area contributed by atoms with E-state index >= 15 is 0 Å². The number of carbonyl (C=O) groups is 1. The number of benzene rings is 2. The van der Waals surface area contributed by atoms with Crippen LogP contribution in [0.1, 0.15) is 25.0 Å². The maximum absolute atomic E-state index is 12.5. The van der Waals surface area contributed by atoms with Gasteiger partial charge in [0.25, 0.3) is 5.56 Å². The van der Waals surface area contributed by atoms with Crippen LogP contribution in [-0.4, -0.2) is 28.5 Å². The Bertz CT molecular complexity index is 1080. The van der Waals surface area contributed by atoms with Crippen molar-refractivity contribution in [2.75, 3.05) is 23.3 Å². The Balaban J connectivity index is 1.70. The van der Waals surface area contributed by atoms with Crippen LogP contribution in [0.2, 0.25) is 0 Å². The fourth-order valence-corrected chi connectivity index (χ4v) is 3.34. The van der Waals surface area contributed by atoms with Crippen LogP contribution in [-0.2, 0) is 11.3 Å². The van der Waals surface area contributed by atoms with Crippen LogP contribution >= 0.6 is 0 Å². The van der Waals surface area contributed by atoms with E-state index < -0.39 is 0 Å². The first-order valence-electron chi connectivity index (χ1n) is 10.2. The van der Waals surface area contributed by atoms with Gasteiger partial charge in [-0.3, -0.25) is 14.2 Å². The van der Waals surface area contributed by atoms with E-state index in [9.17, 15) is 9.59 Å². The van der Waals surface area contributed by atoms with Crippen LogP contribution in [0.5, 0.6) is 0 Å². The number of aromatic nitrogens is 2. The summed E-state index contributed by atoms with van der Waals surface area (Å²) < 4.78 is 1.31. The number of carbonyl (C=O) groups excluding carboxylic acids is 1. The van der Waals surface area contributed by atoms with Crippen LogP contribution in [0.25, 0.3) is 11.3 Å². The molecule has 0 aliphatic heterocycles. The molecule has 0 bridgehead atoms. The van der Waals surface area contributed by atoms with Crippen molar-refractivity contribution in [3.05, 3.63) is 76.3 Å². The van der Waals surface area contributed by atoms with Crippen LogP contribution in [0.15, 0.2) is 59.7 Å². The van der Waals surface area contributed by atoms with Crippen LogP contribution in [0, 0.1) is 13.8 Å². The van der Waals surface area contributed by atoms with Gasteiger partial charge in [-0.05, 0) is 51.5 Å². The van der Waals surface area contributed by atoms with Crippen molar-refractivity contribution in [1.82, 2.24) is 9.55 Å². The molecule has 0 spiro atoms. The number of amides is 1. The van der Waals surface area contributed by atoms with Gasteiger partial charge >= 0.3 is 0 Å². The van der Waals surface area contributed by atoms with Gasteiger partial charge < -0.3 is 10.2 Å². The van der Waals surface area contributed by atoms with E-state index in [-0.39, 0.29) is 18.0 Å². The summed E-state index contributed by atoms with van der Waals surface area (Å²) in [5, 5.41) is 2.90. The van der Waals surface area contributed by atoms with E-state index in [4.69, 9.17) is 0 Å². The van der Waals surface area contributed by atoms with E-state index in [0.29, 0.717) is 5.69 Å². The standard InChI is InChI=1S/C24H28N4O2/c1-5-27(6-2)20-11-12-21(18(4)13-20)26-23(29)15-28-16-25-22(14-24(28)30)19-9-7-17(3)8-10-19/h7-14,16H,5-6,15H2,1-4H3,(H,26,29). The second-order valence-electron chi connectivity index (χ2n) is 7.33. The van der Waals surface area contributed by atoms with Crippen molar-refractivity contribution < 1.29 is 4.79 Å². The molecule has 0 saturated heterocycles. The minimum atomic E-state index is -0.263. The van der Waals surface area contributed by atoms with E-state index in [0.717, 1.165) is 41.2 Å². The Morgan fingerprint density at radius 3 is 2.33 bits per heavy atom. The SMILES string of the molecule is CCN(CC)c1ccc(NC(=O)Cn2cnc(-c3ccc(C)cc3)cc2=O)c(C)c1. The Hall–Kier alpha value is -3.41. The van der Waals surface area contributed by atoms with Crippen LogP contribution < -0.4 is 15.8 Å². The van der Waals surface area contributed by atoms with Crippen molar-refractivity contribution in [3.63, 3.8) is 0 Å². The number of anilines is 2. The van der Waals surface area contributed by atoms with Crippen molar-refractivity contribution in [2.45, 2.75) is 34.2 Å². The number of hydrogen-bond donors (Lipinski definition) is 1. The molecule has 0 unspecified atom stereocenters. The summed E-state index contributed by atoms with van der Waals surface area (Å²) in [6.45, 7) is 9.97. The molecule has 6 nitrogen and oxygen atoms in total. The molecule has 0 atom stereocenters. The first-order chi connectivity index (χ1) is 14.4. The van der Waals surface area contributed by atoms with E-state index in [1.165, 1.54) is 17.0 Å². The lowest BCUT2D eigenvalue weighted by Gasteiger charge is -2.22. The second kappa shape index (κ2) is 9.39. The Labute approximate surface area is 177 Å². The topological polar surface area (TPSA) is 67.2 Å². The third-order valence-electron chi connectivity index (χ3n) is 5.15. The largest absolute Gasteiger partial charge is 0.372 e. The minimum absolute atomic E-state index is 0.0861. The molecular weight excluding hydrogens is 376 g/mol. The van der Waals surface area contributed by atoms with Gasteiger partial charge in [-0.25, -0.2) is 4.98 Å². The van der Waals surface area contributed by atoms with Crippen molar-refractivity contribution in [3.8, 4) is 11.3 Å². The Morgan fingerprint density at radius 1 is 1.03 bits per heavy atom. The van der Waals surface area contributed by atoms with Gasteiger partial charge in [-0.1, -0.05) is 29.8 Å². The molecular formula is C24H28N4O2. The van der Waals surface area contributed by atoms with E-state index in [2.05, 4.69) is 35.1 Å². The third-order valence-corrected chi connectivity index (χ3v) is 5.15. The van der Waals surface area contributed by atoms with Gasteiger partial charge in [0.05, 0.1) is 12.0 Å². The number of rotatable bonds is 7. The minimum Gasteiger partial charge on any atom is -0.372 e. The molecule has 0 aliphatic carbocycles. The first-order valence-corrected chi connectivity index (χ1v) is 10.2. The van der Waals surface area contributed by atoms with E-state index in [1.54, 1.807) is 0 Å². The molecule has 3 aromatic rings. The van der Waals surface area contributed by atoms with Gasteiger partial charge in [0.1, 0.15) is 6.54 Å². The highest BCUT2D eigenvalue weighted by molar-refractivity contribution is 5.91. The zero-order valence-electron chi connectivity index (χ0n) is 18.0. The van der Waals surface area contributed by atoms with Crippen molar-refractivity contribution in [1.29, 1.82) is 0 Å². The monoisotopic (exact) mass is 404 g/mol. The highest BCUT2D eigenvalue weighted by atomic mass is 16.2. The fraction of sp³-hybridized carbons (Fsp3) is 0.292. The normalized spacial score (nSPS) is 10.7. The fourth-order valence-electron chi connectivity index (χ4n) is 3.34. The second-order valence-corrected chi connectivity index (χ2v) is 7.33. The molecule has 0 radical (unpaired) electrons. The highest BCUT2D eigenvalue weighted by Crippen LogP contribution is 2.22. The summed E-state index contributed by atoms with van der Waals surface area (Å²) in [7, 11) is 0. The molecule has 0 aliphatic rings. The number of nitrogens with zero attached hydrogens (tertiary/aromatic N) is 3. The number of nitrogens with one attached hydrogen (secondary N) is 1. The zero-order chi connectivity index (χ0) is 21.7. The van der Waals surface area contributed by atoms with Gasteiger partial charge in [-0.15, -0.1) is 0 Å². The van der Waals surface area contributed by atoms with E-state index in [1.807, 2.05) is 50.2 Å². The van der Waals surface area contributed by atoms with Gasteiger partial charge in [-0.2, -0.15) is 0 Å². The molecule has 6 heteroatoms. The smallest absolute Gasteiger partial charge is 0.254 e. The van der Waals surface area contributed by atoms with Crippen LogP contribution in [0.4, 0.5) is 11.4 Å². The maximum Gasteiger partial charge on any atom is 0.254 e. The van der Waals surface area contributed by atoms with Crippen LogP contribution in [0.3, 0.4) is 0 Å². The average molecular weight is 405 g/mol. The lowest BCUT2D eigenvalue weighted by Crippen LogP contribution is -2.27. The van der Waals surface area contributed by atoms with Gasteiger partial charge in [0.2, 0.25) is 5.91 Å². The predicted molar refractivity (Wildman–Crippen MR) is 122 cm³/mol. The van der Waals surface area contributed by atoms with Crippen molar-refractivity contribution >= 4 is 17.3 Å². The molecule has 2 aromatic carbocycles. The summed E-state index contributed by atoms with van der Waals surface area (Å²) >= 11 is 0. The van der Waals surface area contributed by atoms with Crippen molar-refractivity contribution in [2.24, 2.45) is 0 Å². The zero-order valence-corrected chi connectivity index (χ0v) is 18.0. The molecule has 156 valence electrons. The summed E-state index contributed by atoms with van der Waals surface area (Å²) in [4.78, 5) is 31.6. The quantitative estimate of drug-likeness (QED) is 0.646. The third kappa shape index (κ3) is 4.95. The Morgan fingerprint density at radius 2 is 1.73 bits per heavy atom. The number of hydrogen-bond acceptors (Lipinski definition) is 4. The number of aryl methyl sites for hydroxylation is 2. The summed E-state index contributed by atoms with van der Waals surface area (Å²) in [6, 6.07) is 15.2. The van der Waals surface area contributed by atoms with Gasteiger partial charge in [0.15, 0.2) is 0 Å². The molecule has 3 rings (SSSR count). The summed E-state index contributed by atoms with van der Waals surface area (Å²) in [5.74, 6) is -0.263. The Kier molecular flexibility index (Phi) is 6.67. The molecule has 30 heavy (non-hydrogen) atoms. The molecule has 1 aromatic heterocycles. The predicted octanol–water partition coefficient (Wildman–Crippen LogP) is 4.01. The lowest BCUT2D eigenvalue weighted by atomic mass is 10.1. The lowest BCUT2D eigenvalue weighted by molar-refractivity contribution is -0.116. The molecule has 1 amide bonds. The summed E-state index contributed by atoms with van der Waals surface area (Å²) in [6.07, 6.45) is 1.42. The molecule has 0 fully saturated rings. The molecule has 0 saturated carbocycles. The molecule has 1 N–H and O–H groups in total. The maximum atomic E-state index is 12.5. The summed E-state index contributed by atoms with van der Waals surface area (Å²) in [5.41, 5.74) is 5.20. The first kappa shape index (κ1) is 21.3. The highest BCUT2D eigenvalue weighted by Gasteiger charge is 2.10. The van der Waals surface area contributed by atoms with Gasteiger partial charge in [0, 0.05) is 36.1 Å². The molecule has 1 heterocycles. The average Bonchev–Trinajstić information content (AvgIpc) is 2.73.